The summed E-state index contributed by atoms with van der Waals surface area (Å²) in [6.45, 7) is 4.01. The maximum Gasteiger partial charge on any atom is 0.332 e. The molecule has 7 nitrogen and oxygen atoms in total. The molecule has 0 aliphatic rings. The number of aryl methyl sites for hydroxylation is 2. The van der Waals surface area contributed by atoms with Crippen molar-refractivity contribution in [1.29, 1.82) is 0 Å². The van der Waals surface area contributed by atoms with Gasteiger partial charge in [0.2, 0.25) is 11.8 Å². The second-order valence-electron chi connectivity index (χ2n) is 3.99. The molecule has 8 heteroatoms. The first-order valence-electron chi connectivity index (χ1n) is 5.55. The van der Waals surface area contributed by atoms with Crippen LogP contribution in [0.15, 0.2) is 12.1 Å². The maximum absolute atomic E-state index is 11.0. The van der Waals surface area contributed by atoms with Gasteiger partial charge < -0.3 is 11.1 Å². The number of hydrogen-bond donors (Lipinski definition) is 2. The fourth-order valence-electron chi connectivity index (χ4n) is 1.68. The van der Waals surface area contributed by atoms with Gasteiger partial charge in [0.1, 0.15) is 5.69 Å². The third kappa shape index (κ3) is 2.97. The van der Waals surface area contributed by atoms with Crippen molar-refractivity contribution in [3.05, 3.63) is 37.7 Å². The molecule has 0 aliphatic carbocycles. The summed E-state index contributed by atoms with van der Waals surface area (Å²) in [5, 5.41) is 14.0. The van der Waals surface area contributed by atoms with Crippen LogP contribution in [0.25, 0.3) is 0 Å². The van der Waals surface area contributed by atoms with Gasteiger partial charge in [0.25, 0.3) is 0 Å². The Hall–Kier alpha value is -2.22. The van der Waals surface area contributed by atoms with Gasteiger partial charge in [-0.25, -0.2) is 4.98 Å². The highest BCUT2D eigenvalue weighted by atomic mass is 32.1. The van der Waals surface area contributed by atoms with Gasteiger partial charge in [0.05, 0.1) is 11.5 Å². The van der Waals surface area contributed by atoms with Crippen LogP contribution in [0.2, 0.25) is 0 Å². The molecule has 0 spiro atoms. The predicted molar refractivity (Wildman–Crippen MR) is 74.2 cm³/mol. The molecule has 2 aromatic heterocycles. The van der Waals surface area contributed by atoms with Crippen LogP contribution in [0.5, 0.6) is 0 Å². The Labute approximate surface area is 113 Å². The second-order valence-corrected chi connectivity index (χ2v) is 5.36. The van der Waals surface area contributed by atoms with Gasteiger partial charge in [0, 0.05) is 9.75 Å². The number of anilines is 2. The summed E-state index contributed by atoms with van der Waals surface area (Å²) in [6.07, 6.45) is 0. The van der Waals surface area contributed by atoms with Crippen LogP contribution in [0.4, 0.5) is 17.5 Å². The minimum Gasteiger partial charge on any atom is -0.368 e. The first kappa shape index (κ1) is 13.2. The number of hydrogen-bond acceptors (Lipinski definition) is 7. The third-order valence-corrected chi connectivity index (χ3v) is 3.48. The van der Waals surface area contributed by atoms with E-state index in [2.05, 4.69) is 15.3 Å². The van der Waals surface area contributed by atoms with Crippen molar-refractivity contribution in [3.63, 3.8) is 0 Å². The molecule has 0 aromatic carbocycles. The Morgan fingerprint density at radius 1 is 1.42 bits per heavy atom. The van der Waals surface area contributed by atoms with Crippen LogP contribution in [-0.4, -0.2) is 14.9 Å². The number of nitrogens with zero attached hydrogens (tertiary/aromatic N) is 3. The summed E-state index contributed by atoms with van der Waals surface area (Å²) in [7, 11) is 0. The lowest BCUT2D eigenvalue weighted by molar-refractivity contribution is -0.385. The van der Waals surface area contributed by atoms with E-state index >= 15 is 0 Å². The highest BCUT2D eigenvalue weighted by molar-refractivity contribution is 7.11. The third-order valence-electron chi connectivity index (χ3n) is 2.48. The summed E-state index contributed by atoms with van der Waals surface area (Å²) in [5.41, 5.74) is 5.63. The number of nitrogens with two attached hydrogens (primary N) is 1. The van der Waals surface area contributed by atoms with Gasteiger partial charge in [-0.1, -0.05) is 0 Å². The van der Waals surface area contributed by atoms with Crippen LogP contribution in [0, 0.1) is 24.0 Å². The molecule has 0 bridgehead atoms. The van der Waals surface area contributed by atoms with Crippen molar-refractivity contribution in [2.24, 2.45) is 0 Å². The molecule has 0 fully saturated rings. The number of nitro groups is 1. The topological polar surface area (TPSA) is 107 Å². The minimum absolute atomic E-state index is 0.0213. The molecule has 0 amide bonds. The quantitative estimate of drug-likeness (QED) is 0.656. The molecule has 2 aromatic rings. The van der Waals surface area contributed by atoms with E-state index in [-0.39, 0.29) is 23.1 Å². The van der Waals surface area contributed by atoms with Crippen LogP contribution in [0.3, 0.4) is 0 Å². The maximum atomic E-state index is 11.0. The highest BCUT2D eigenvalue weighted by Gasteiger charge is 2.21. The molecule has 0 saturated heterocycles. The summed E-state index contributed by atoms with van der Waals surface area (Å²) >= 11 is 1.62. The number of aromatic nitrogens is 2. The van der Waals surface area contributed by atoms with Gasteiger partial charge in [-0.2, -0.15) is 4.98 Å². The Kier molecular flexibility index (Phi) is 3.61. The van der Waals surface area contributed by atoms with E-state index in [0.717, 1.165) is 4.88 Å². The first-order chi connectivity index (χ1) is 8.97. The van der Waals surface area contributed by atoms with Crippen molar-refractivity contribution < 1.29 is 4.92 Å². The SMILES string of the molecule is Cc1ccc(CNc2nc(N)nc(C)c2[N+](=O)[O-])s1. The van der Waals surface area contributed by atoms with Crippen molar-refractivity contribution in [3.8, 4) is 0 Å². The summed E-state index contributed by atoms with van der Waals surface area (Å²) in [5.74, 6) is 0.175. The molecule has 0 atom stereocenters. The molecular weight excluding hydrogens is 266 g/mol. The zero-order valence-electron chi connectivity index (χ0n) is 10.5. The molecule has 3 N–H and O–H groups in total. The number of nitrogens with one attached hydrogen (secondary N) is 1. The Balaban J connectivity index is 2.26. The van der Waals surface area contributed by atoms with Gasteiger partial charge in [-0.15, -0.1) is 11.3 Å². The van der Waals surface area contributed by atoms with Gasteiger partial charge in [-0.3, -0.25) is 10.1 Å². The lowest BCUT2D eigenvalue weighted by Crippen LogP contribution is -2.09. The van der Waals surface area contributed by atoms with Crippen LogP contribution in [0.1, 0.15) is 15.4 Å². The molecule has 0 aliphatic heterocycles. The van der Waals surface area contributed by atoms with E-state index in [4.69, 9.17) is 5.73 Å². The molecule has 19 heavy (non-hydrogen) atoms. The molecule has 2 rings (SSSR count). The summed E-state index contributed by atoms with van der Waals surface area (Å²) < 4.78 is 0. The average Bonchev–Trinajstić information content (AvgIpc) is 2.71. The molecular formula is C11H13N5O2S. The number of nitrogen functional groups attached to an aromatic ring is 1. The Morgan fingerprint density at radius 3 is 2.74 bits per heavy atom. The summed E-state index contributed by atoms with van der Waals surface area (Å²) in [4.78, 5) is 20.5. The van der Waals surface area contributed by atoms with E-state index in [1.54, 1.807) is 11.3 Å². The monoisotopic (exact) mass is 279 g/mol. The van der Waals surface area contributed by atoms with Gasteiger partial charge in [-0.05, 0) is 26.0 Å². The Morgan fingerprint density at radius 2 is 2.16 bits per heavy atom. The van der Waals surface area contributed by atoms with Gasteiger partial charge in [0.15, 0.2) is 0 Å². The fourth-order valence-corrected chi connectivity index (χ4v) is 2.51. The zero-order valence-corrected chi connectivity index (χ0v) is 11.3. The van der Waals surface area contributed by atoms with Crippen molar-refractivity contribution >= 4 is 28.8 Å². The van der Waals surface area contributed by atoms with Crippen LogP contribution < -0.4 is 11.1 Å². The molecule has 0 unspecified atom stereocenters. The normalized spacial score (nSPS) is 10.4. The van der Waals surface area contributed by atoms with E-state index in [0.29, 0.717) is 6.54 Å². The smallest absolute Gasteiger partial charge is 0.332 e. The Bertz CT molecular complexity index is 626. The first-order valence-corrected chi connectivity index (χ1v) is 6.36. The summed E-state index contributed by atoms with van der Waals surface area (Å²) in [6, 6.07) is 3.96. The molecule has 0 saturated carbocycles. The van der Waals surface area contributed by atoms with Crippen molar-refractivity contribution in [2.75, 3.05) is 11.1 Å². The lowest BCUT2D eigenvalue weighted by Gasteiger charge is -2.07. The van der Waals surface area contributed by atoms with Crippen molar-refractivity contribution in [1.82, 2.24) is 9.97 Å². The standard InChI is InChI=1S/C11H13N5O2S/c1-6-3-4-8(19-6)5-13-10-9(16(17)18)7(2)14-11(12)15-10/h3-4H,5H2,1-2H3,(H3,12,13,14,15). The highest BCUT2D eigenvalue weighted by Crippen LogP contribution is 2.26. The van der Waals surface area contributed by atoms with Crippen LogP contribution >= 0.6 is 11.3 Å². The number of thiophene rings is 1. The average molecular weight is 279 g/mol. The lowest BCUT2D eigenvalue weighted by atomic mass is 10.3. The van der Waals surface area contributed by atoms with E-state index in [9.17, 15) is 10.1 Å². The fraction of sp³-hybridized carbons (Fsp3) is 0.273. The van der Waals surface area contributed by atoms with Crippen LogP contribution in [-0.2, 0) is 6.54 Å². The molecule has 100 valence electrons. The molecule has 0 radical (unpaired) electrons. The van der Waals surface area contributed by atoms with Gasteiger partial charge >= 0.3 is 5.69 Å². The predicted octanol–water partition coefficient (Wildman–Crippen LogP) is 2.26. The second kappa shape index (κ2) is 5.19. The molecule has 2 heterocycles. The van der Waals surface area contributed by atoms with E-state index in [1.807, 2.05) is 19.1 Å². The minimum atomic E-state index is -0.503. The van der Waals surface area contributed by atoms with E-state index in [1.165, 1.54) is 11.8 Å². The van der Waals surface area contributed by atoms with E-state index < -0.39 is 4.92 Å². The number of rotatable bonds is 4. The zero-order chi connectivity index (χ0) is 14.0. The largest absolute Gasteiger partial charge is 0.368 e. The van der Waals surface area contributed by atoms with Crippen molar-refractivity contribution in [2.45, 2.75) is 20.4 Å².